The maximum Gasteiger partial charge on any atom is 0.122 e. The highest BCUT2D eigenvalue weighted by Crippen LogP contribution is 2.09. The number of allylic oxidation sites excluding steroid dienone is 2. The molecule has 0 bridgehead atoms. The fourth-order valence-corrected chi connectivity index (χ4v) is 1.35. The van der Waals surface area contributed by atoms with Gasteiger partial charge < -0.3 is 14.6 Å². The van der Waals surface area contributed by atoms with E-state index in [2.05, 4.69) is 6.58 Å². The number of para-hydroxylation sites is 1. The van der Waals surface area contributed by atoms with Crippen LogP contribution in [0.3, 0.4) is 0 Å². The third-order valence-corrected chi connectivity index (χ3v) is 2.23. The van der Waals surface area contributed by atoms with Gasteiger partial charge in [-0.15, -0.1) is 0 Å². The molecule has 3 nitrogen and oxygen atoms in total. The second-order valence-electron chi connectivity index (χ2n) is 3.81. The SMILES string of the molecule is C=C/C(=C\CC)OCC(O)COc1ccccc1. The van der Waals surface area contributed by atoms with Crippen molar-refractivity contribution in [1.29, 1.82) is 0 Å². The predicted octanol–water partition coefficient (Wildman–Crippen LogP) is 2.92. The van der Waals surface area contributed by atoms with Crippen LogP contribution in [0.4, 0.5) is 0 Å². The summed E-state index contributed by atoms with van der Waals surface area (Å²) in [6.45, 7) is 6.07. The van der Waals surface area contributed by atoms with Crippen LogP contribution in [0.15, 0.2) is 54.8 Å². The van der Waals surface area contributed by atoms with E-state index in [-0.39, 0.29) is 13.2 Å². The second-order valence-corrected chi connectivity index (χ2v) is 3.81. The van der Waals surface area contributed by atoms with E-state index in [1.165, 1.54) is 0 Å². The molecule has 0 aliphatic rings. The molecule has 3 heteroatoms. The molecular formula is C15H20O3. The standard InChI is InChI=1S/C15H20O3/c1-3-8-14(4-2)17-11-13(16)12-18-15-9-6-5-7-10-15/h4-10,13,16H,2-3,11-12H2,1H3/b14-8+. The van der Waals surface area contributed by atoms with Gasteiger partial charge in [-0.25, -0.2) is 0 Å². The van der Waals surface area contributed by atoms with Crippen LogP contribution in [0, 0.1) is 0 Å². The Bertz CT molecular complexity index is 371. The average Bonchev–Trinajstić information content (AvgIpc) is 2.42. The fraction of sp³-hybridized carbons (Fsp3) is 0.333. The highest BCUT2D eigenvalue weighted by molar-refractivity contribution is 5.20. The maximum absolute atomic E-state index is 9.71. The number of aliphatic hydroxyl groups is 1. The minimum Gasteiger partial charge on any atom is -0.491 e. The molecule has 1 aromatic rings. The Kier molecular flexibility index (Phi) is 6.66. The summed E-state index contributed by atoms with van der Waals surface area (Å²) in [5.41, 5.74) is 0. The number of ether oxygens (including phenoxy) is 2. The molecule has 98 valence electrons. The van der Waals surface area contributed by atoms with Crippen molar-refractivity contribution in [3.63, 3.8) is 0 Å². The number of hydrogen-bond donors (Lipinski definition) is 1. The Hall–Kier alpha value is -1.74. The molecule has 0 heterocycles. The van der Waals surface area contributed by atoms with Crippen LogP contribution in [0.25, 0.3) is 0 Å². The van der Waals surface area contributed by atoms with E-state index in [4.69, 9.17) is 9.47 Å². The van der Waals surface area contributed by atoms with Gasteiger partial charge in [0.15, 0.2) is 0 Å². The molecular weight excluding hydrogens is 228 g/mol. The Balaban J connectivity index is 2.27. The van der Waals surface area contributed by atoms with Crippen molar-refractivity contribution in [3.8, 4) is 5.75 Å². The number of aliphatic hydroxyl groups excluding tert-OH is 1. The summed E-state index contributed by atoms with van der Waals surface area (Å²) < 4.78 is 10.8. The summed E-state index contributed by atoms with van der Waals surface area (Å²) in [5, 5.41) is 9.71. The third kappa shape index (κ3) is 5.55. The molecule has 0 aromatic heterocycles. The first kappa shape index (κ1) is 14.3. The lowest BCUT2D eigenvalue weighted by Crippen LogP contribution is -2.23. The molecule has 1 rings (SSSR count). The monoisotopic (exact) mass is 248 g/mol. The van der Waals surface area contributed by atoms with Crippen LogP contribution in [0.2, 0.25) is 0 Å². The zero-order chi connectivity index (χ0) is 13.2. The summed E-state index contributed by atoms with van der Waals surface area (Å²) in [6.07, 6.45) is 3.76. The molecule has 0 aliphatic carbocycles. The molecule has 1 aromatic carbocycles. The van der Waals surface area contributed by atoms with Crippen LogP contribution in [0.1, 0.15) is 13.3 Å². The van der Waals surface area contributed by atoms with E-state index in [1.807, 2.05) is 43.3 Å². The molecule has 0 aliphatic heterocycles. The van der Waals surface area contributed by atoms with Crippen LogP contribution in [0.5, 0.6) is 5.75 Å². The van der Waals surface area contributed by atoms with Crippen LogP contribution < -0.4 is 4.74 Å². The molecule has 1 unspecified atom stereocenters. The van der Waals surface area contributed by atoms with Crippen molar-refractivity contribution in [2.75, 3.05) is 13.2 Å². The van der Waals surface area contributed by atoms with Crippen molar-refractivity contribution >= 4 is 0 Å². The molecule has 0 amide bonds. The van der Waals surface area contributed by atoms with Gasteiger partial charge in [-0.3, -0.25) is 0 Å². The van der Waals surface area contributed by atoms with Gasteiger partial charge >= 0.3 is 0 Å². The van der Waals surface area contributed by atoms with E-state index in [1.54, 1.807) is 6.08 Å². The Morgan fingerprint density at radius 3 is 2.67 bits per heavy atom. The Morgan fingerprint density at radius 2 is 2.06 bits per heavy atom. The smallest absolute Gasteiger partial charge is 0.122 e. The van der Waals surface area contributed by atoms with Crippen molar-refractivity contribution < 1.29 is 14.6 Å². The van der Waals surface area contributed by atoms with E-state index in [0.717, 1.165) is 12.2 Å². The van der Waals surface area contributed by atoms with E-state index in [9.17, 15) is 5.11 Å². The van der Waals surface area contributed by atoms with Gasteiger partial charge in [0.1, 0.15) is 30.8 Å². The molecule has 1 N–H and O–H groups in total. The first-order valence-corrected chi connectivity index (χ1v) is 6.07. The predicted molar refractivity (Wildman–Crippen MR) is 72.5 cm³/mol. The van der Waals surface area contributed by atoms with Crippen LogP contribution >= 0.6 is 0 Å². The Labute approximate surface area is 108 Å². The fourth-order valence-electron chi connectivity index (χ4n) is 1.35. The van der Waals surface area contributed by atoms with Gasteiger partial charge in [0.25, 0.3) is 0 Å². The van der Waals surface area contributed by atoms with E-state index in [0.29, 0.717) is 5.76 Å². The normalized spacial score (nSPS) is 12.9. The lowest BCUT2D eigenvalue weighted by Gasteiger charge is -2.14. The van der Waals surface area contributed by atoms with Gasteiger partial charge in [0.2, 0.25) is 0 Å². The first-order chi connectivity index (χ1) is 8.76. The number of rotatable bonds is 8. The van der Waals surface area contributed by atoms with Crippen molar-refractivity contribution in [3.05, 3.63) is 54.8 Å². The topological polar surface area (TPSA) is 38.7 Å². The molecule has 0 fully saturated rings. The highest BCUT2D eigenvalue weighted by atomic mass is 16.5. The minimum absolute atomic E-state index is 0.199. The van der Waals surface area contributed by atoms with E-state index >= 15 is 0 Å². The third-order valence-electron chi connectivity index (χ3n) is 2.23. The number of benzene rings is 1. The summed E-state index contributed by atoms with van der Waals surface area (Å²) in [4.78, 5) is 0. The lowest BCUT2D eigenvalue weighted by molar-refractivity contribution is 0.0403. The first-order valence-electron chi connectivity index (χ1n) is 6.07. The number of hydrogen-bond acceptors (Lipinski definition) is 3. The summed E-state index contributed by atoms with van der Waals surface area (Å²) in [7, 11) is 0. The lowest BCUT2D eigenvalue weighted by atomic mass is 10.3. The molecule has 0 spiro atoms. The summed E-state index contributed by atoms with van der Waals surface area (Å²) in [5.74, 6) is 1.43. The van der Waals surface area contributed by atoms with Gasteiger partial charge in [-0.1, -0.05) is 31.7 Å². The average molecular weight is 248 g/mol. The molecule has 18 heavy (non-hydrogen) atoms. The minimum atomic E-state index is -0.662. The summed E-state index contributed by atoms with van der Waals surface area (Å²) in [6, 6.07) is 9.38. The largest absolute Gasteiger partial charge is 0.491 e. The maximum atomic E-state index is 9.71. The van der Waals surface area contributed by atoms with Gasteiger partial charge in [0, 0.05) is 0 Å². The molecule has 0 saturated carbocycles. The summed E-state index contributed by atoms with van der Waals surface area (Å²) >= 11 is 0. The van der Waals surface area contributed by atoms with Crippen molar-refractivity contribution in [2.45, 2.75) is 19.4 Å². The van der Waals surface area contributed by atoms with E-state index < -0.39 is 6.10 Å². The zero-order valence-electron chi connectivity index (χ0n) is 10.7. The van der Waals surface area contributed by atoms with Crippen LogP contribution in [-0.4, -0.2) is 24.4 Å². The Morgan fingerprint density at radius 1 is 1.33 bits per heavy atom. The second kappa shape index (κ2) is 8.37. The van der Waals surface area contributed by atoms with Gasteiger partial charge in [0.05, 0.1) is 0 Å². The van der Waals surface area contributed by atoms with Crippen molar-refractivity contribution in [2.24, 2.45) is 0 Å². The quantitative estimate of drug-likeness (QED) is 0.568. The van der Waals surface area contributed by atoms with Crippen molar-refractivity contribution in [1.82, 2.24) is 0 Å². The van der Waals surface area contributed by atoms with Gasteiger partial charge in [-0.2, -0.15) is 0 Å². The highest BCUT2D eigenvalue weighted by Gasteiger charge is 2.06. The zero-order valence-corrected chi connectivity index (χ0v) is 10.7. The molecule has 0 radical (unpaired) electrons. The molecule has 1 atom stereocenters. The van der Waals surface area contributed by atoms with Gasteiger partial charge in [-0.05, 0) is 30.7 Å². The molecule has 0 saturated heterocycles. The van der Waals surface area contributed by atoms with Crippen LogP contribution in [-0.2, 0) is 4.74 Å².